The highest BCUT2D eigenvalue weighted by atomic mass is 19.1. The van der Waals surface area contributed by atoms with Crippen molar-refractivity contribution >= 4 is 65.4 Å². The molecule has 0 aliphatic heterocycles. The molecule has 0 radical (unpaired) electrons. The number of benzene rings is 10. The SMILES string of the molecule is Fc1ccc(-c2nc(-c3ccc(F)cc3)nc(-c3ccc(-c4ccc5c(c4)c4c6c(c7ccccc7n6-c6ccccc6)c6c(c7ccccc7n6-c6ccccc6)c4n5-c4ccccc4)cc3)n2)cc1. The third kappa shape index (κ3) is 6.42. The first-order valence-corrected chi connectivity index (χ1v) is 23.6. The Bertz CT molecular complexity index is 4270. The van der Waals surface area contributed by atoms with Crippen LogP contribution in [0.2, 0.25) is 0 Å². The molecule has 0 N–H and O–H groups in total. The molecule has 4 heterocycles. The number of hydrogen-bond donors (Lipinski definition) is 0. The lowest BCUT2D eigenvalue weighted by Gasteiger charge is -2.13. The number of halogens is 2. The van der Waals surface area contributed by atoms with Crippen molar-refractivity contribution in [2.45, 2.75) is 0 Å². The normalized spacial score (nSPS) is 11.8. The van der Waals surface area contributed by atoms with Crippen LogP contribution in [0.5, 0.6) is 0 Å². The van der Waals surface area contributed by atoms with Gasteiger partial charge in [0.2, 0.25) is 0 Å². The minimum absolute atomic E-state index is 0.355. The highest BCUT2D eigenvalue weighted by Crippen LogP contribution is 2.50. The quantitative estimate of drug-likeness (QED) is 0.160. The van der Waals surface area contributed by atoms with Gasteiger partial charge in [-0.05, 0) is 120 Å². The molecule has 0 fully saturated rings. The summed E-state index contributed by atoms with van der Waals surface area (Å²) in [6.07, 6.45) is 0. The molecule has 71 heavy (non-hydrogen) atoms. The average Bonchev–Trinajstić information content (AvgIpc) is 4.08. The molecule has 8 heteroatoms. The number of nitrogens with zero attached hydrogens (tertiary/aromatic N) is 6. The molecule has 0 amide bonds. The van der Waals surface area contributed by atoms with Crippen molar-refractivity contribution in [3.63, 3.8) is 0 Å². The van der Waals surface area contributed by atoms with Gasteiger partial charge in [-0.3, -0.25) is 0 Å². The lowest BCUT2D eigenvalue weighted by Crippen LogP contribution is -2.00. The van der Waals surface area contributed by atoms with Crippen molar-refractivity contribution < 1.29 is 8.78 Å². The topological polar surface area (TPSA) is 53.5 Å². The summed E-state index contributed by atoms with van der Waals surface area (Å²) in [6.45, 7) is 0. The van der Waals surface area contributed by atoms with Gasteiger partial charge in [0.25, 0.3) is 0 Å². The average molecular weight is 917 g/mol. The Morgan fingerprint density at radius 1 is 0.268 bits per heavy atom. The van der Waals surface area contributed by atoms with Crippen LogP contribution in [-0.2, 0) is 0 Å². The van der Waals surface area contributed by atoms with Crippen LogP contribution in [0.1, 0.15) is 0 Å². The van der Waals surface area contributed by atoms with Crippen LogP contribution in [0.15, 0.2) is 231 Å². The van der Waals surface area contributed by atoms with Crippen molar-refractivity contribution in [3.05, 3.63) is 242 Å². The van der Waals surface area contributed by atoms with Crippen molar-refractivity contribution in [2.75, 3.05) is 0 Å². The van der Waals surface area contributed by atoms with Crippen molar-refractivity contribution in [1.82, 2.24) is 28.7 Å². The molecular weight excluding hydrogens is 879 g/mol. The van der Waals surface area contributed by atoms with Gasteiger partial charge in [-0.1, -0.05) is 121 Å². The standard InChI is InChI=1S/C63H38F2N6/c64-44-33-28-41(29-34-44)62-66-61(67-63(68-62)42-30-35-45(65)36-31-42)40-26-24-39(25-27-40)43-32-37-54-51(38-43)57-59-55(50-21-11-13-23-53(50)70(59)47-16-6-2-7-17-47)58-56(60(57)71(54)48-18-8-3-9-19-48)49-20-10-12-22-52(49)69(58)46-14-4-1-5-15-46/h1-38H. The van der Waals surface area contributed by atoms with Gasteiger partial charge in [0, 0.05) is 66.1 Å². The molecule has 0 aliphatic rings. The van der Waals surface area contributed by atoms with Gasteiger partial charge >= 0.3 is 0 Å². The Morgan fingerprint density at radius 3 is 0.986 bits per heavy atom. The molecule has 4 aromatic heterocycles. The van der Waals surface area contributed by atoms with E-state index in [1.165, 1.54) is 45.8 Å². The van der Waals surface area contributed by atoms with E-state index in [4.69, 9.17) is 15.0 Å². The molecule has 0 bridgehead atoms. The zero-order chi connectivity index (χ0) is 47.2. The number of hydrogen-bond acceptors (Lipinski definition) is 3. The van der Waals surface area contributed by atoms with E-state index < -0.39 is 0 Å². The number of para-hydroxylation sites is 5. The van der Waals surface area contributed by atoms with Crippen molar-refractivity contribution in [2.24, 2.45) is 0 Å². The van der Waals surface area contributed by atoms with Crippen LogP contribution in [0.3, 0.4) is 0 Å². The predicted octanol–water partition coefficient (Wildman–Crippen LogP) is 16.1. The smallest absolute Gasteiger partial charge is 0.164 e. The van der Waals surface area contributed by atoms with Gasteiger partial charge in [0.1, 0.15) is 11.6 Å². The van der Waals surface area contributed by atoms with E-state index in [-0.39, 0.29) is 11.6 Å². The van der Waals surface area contributed by atoms with E-state index in [1.54, 1.807) is 24.3 Å². The molecule has 0 aliphatic carbocycles. The summed E-state index contributed by atoms with van der Waals surface area (Å²) < 4.78 is 35.5. The predicted molar refractivity (Wildman–Crippen MR) is 285 cm³/mol. The summed E-state index contributed by atoms with van der Waals surface area (Å²) in [4.78, 5) is 14.5. The van der Waals surface area contributed by atoms with Gasteiger partial charge in [-0.25, -0.2) is 23.7 Å². The van der Waals surface area contributed by atoms with Gasteiger partial charge in [-0.2, -0.15) is 0 Å². The Kier molecular flexibility index (Phi) is 9.16. The fraction of sp³-hybridized carbons (Fsp3) is 0. The Labute approximate surface area is 405 Å². The van der Waals surface area contributed by atoms with Gasteiger partial charge in [0.05, 0.1) is 33.1 Å². The van der Waals surface area contributed by atoms with Crippen LogP contribution in [0.4, 0.5) is 8.78 Å². The lowest BCUT2D eigenvalue weighted by atomic mass is 9.99. The third-order valence-electron chi connectivity index (χ3n) is 13.8. The second-order valence-corrected chi connectivity index (χ2v) is 17.8. The molecule has 14 rings (SSSR count). The van der Waals surface area contributed by atoms with Crippen LogP contribution < -0.4 is 0 Å². The first-order chi connectivity index (χ1) is 35.1. The van der Waals surface area contributed by atoms with E-state index in [9.17, 15) is 8.78 Å². The molecule has 0 saturated heterocycles. The Morgan fingerprint density at radius 2 is 0.577 bits per heavy atom. The van der Waals surface area contributed by atoms with Gasteiger partial charge in [-0.15, -0.1) is 0 Å². The molecular formula is C63H38F2N6. The second kappa shape index (κ2) is 16.0. The lowest BCUT2D eigenvalue weighted by molar-refractivity contribution is 0.627. The highest BCUT2D eigenvalue weighted by molar-refractivity contribution is 6.40. The van der Waals surface area contributed by atoms with Crippen molar-refractivity contribution in [1.29, 1.82) is 0 Å². The minimum atomic E-state index is -0.355. The minimum Gasteiger partial charge on any atom is -0.308 e. The largest absolute Gasteiger partial charge is 0.308 e. The maximum absolute atomic E-state index is 14.0. The zero-order valence-corrected chi connectivity index (χ0v) is 37.9. The molecule has 10 aromatic carbocycles. The molecule has 6 nitrogen and oxygen atoms in total. The maximum atomic E-state index is 14.0. The molecule has 0 spiro atoms. The molecule has 0 unspecified atom stereocenters. The molecule has 14 aromatic rings. The fourth-order valence-electron chi connectivity index (χ4n) is 10.7. The van der Waals surface area contributed by atoms with Crippen LogP contribution in [0.25, 0.3) is 128 Å². The number of aromatic nitrogens is 6. The van der Waals surface area contributed by atoms with Gasteiger partial charge < -0.3 is 13.7 Å². The monoisotopic (exact) mass is 916 g/mol. The molecule has 334 valence electrons. The van der Waals surface area contributed by atoms with Crippen LogP contribution in [-0.4, -0.2) is 28.7 Å². The third-order valence-corrected chi connectivity index (χ3v) is 13.8. The van der Waals surface area contributed by atoms with Crippen LogP contribution in [0, 0.1) is 11.6 Å². The number of fused-ring (bicyclic) bond motifs is 12. The molecule has 0 atom stereocenters. The fourth-order valence-corrected chi connectivity index (χ4v) is 10.7. The van der Waals surface area contributed by atoms with E-state index in [0.29, 0.717) is 28.6 Å². The summed E-state index contributed by atoms with van der Waals surface area (Å²) in [5.74, 6) is 0.512. The summed E-state index contributed by atoms with van der Waals surface area (Å²) in [6, 6.07) is 77.0. The van der Waals surface area contributed by atoms with Crippen LogP contribution >= 0.6 is 0 Å². The highest BCUT2D eigenvalue weighted by Gasteiger charge is 2.29. The zero-order valence-electron chi connectivity index (χ0n) is 37.9. The van der Waals surface area contributed by atoms with E-state index in [1.807, 2.05) is 12.1 Å². The second-order valence-electron chi connectivity index (χ2n) is 17.8. The Hall–Kier alpha value is -9.53. The molecule has 0 saturated carbocycles. The Balaban J connectivity index is 1.06. The van der Waals surface area contributed by atoms with E-state index in [0.717, 1.165) is 77.6 Å². The number of rotatable bonds is 7. The van der Waals surface area contributed by atoms with E-state index >= 15 is 0 Å². The first kappa shape index (κ1) is 40.5. The summed E-state index contributed by atoms with van der Waals surface area (Å²) in [7, 11) is 0. The first-order valence-electron chi connectivity index (χ1n) is 23.6. The summed E-state index contributed by atoms with van der Waals surface area (Å²) in [5.41, 5.74) is 14.2. The maximum Gasteiger partial charge on any atom is 0.164 e. The summed E-state index contributed by atoms with van der Waals surface area (Å²) >= 11 is 0. The van der Waals surface area contributed by atoms with Gasteiger partial charge in [0.15, 0.2) is 17.5 Å². The van der Waals surface area contributed by atoms with Crippen molar-refractivity contribution in [3.8, 4) is 62.4 Å². The summed E-state index contributed by atoms with van der Waals surface area (Å²) in [5, 5.41) is 7.01. The van der Waals surface area contributed by atoms with E-state index in [2.05, 4.69) is 184 Å².